The topological polar surface area (TPSA) is 55.7 Å². The van der Waals surface area contributed by atoms with Crippen LogP contribution in [0.15, 0.2) is 158 Å². The van der Waals surface area contributed by atoms with Gasteiger partial charge in [0.15, 0.2) is 17.5 Å². The van der Waals surface area contributed by atoms with Gasteiger partial charge in [0, 0.05) is 27.4 Å². The molecule has 4 nitrogen and oxygen atoms in total. The van der Waals surface area contributed by atoms with Crippen molar-refractivity contribution in [1.82, 2.24) is 15.0 Å². The van der Waals surface area contributed by atoms with Gasteiger partial charge in [-0.3, -0.25) is 0 Å². The van der Waals surface area contributed by atoms with E-state index in [0.29, 0.717) is 29.3 Å². The molecule has 4 aliphatic carbocycles. The second-order valence-electron chi connectivity index (χ2n) is 17.6. The van der Waals surface area contributed by atoms with E-state index in [4.69, 9.17) is 15.0 Å². The molecule has 7 aromatic carbocycles. The van der Waals surface area contributed by atoms with Gasteiger partial charge in [0.05, 0.1) is 0 Å². The van der Waals surface area contributed by atoms with Crippen molar-refractivity contribution >= 4 is 34.0 Å². The molecule has 4 saturated carbocycles. The Labute approximate surface area is 340 Å². The zero-order valence-corrected chi connectivity index (χ0v) is 33.9. The van der Waals surface area contributed by atoms with Crippen LogP contribution >= 0.6 is 7.14 Å². The van der Waals surface area contributed by atoms with Gasteiger partial charge in [-0.2, -0.15) is 0 Å². The van der Waals surface area contributed by atoms with Crippen LogP contribution in [-0.2, 0) is 9.98 Å². The van der Waals surface area contributed by atoms with E-state index in [2.05, 4.69) is 127 Å². The summed E-state index contributed by atoms with van der Waals surface area (Å²) in [6.45, 7) is 3.71. The summed E-state index contributed by atoms with van der Waals surface area (Å²) in [6.07, 6.45) is 6.62. The molecule has 0 unspecified atom stereocenters. The van der Waals surface area contributed by atoms with E-state index in [0.717, 1.165) is 50.2 Å². The van der Waals surface area contributed by atoms with E-state index < -0.39 is 7.14 Å². The van der Waals surface area contributed by atoms with Crippen LogP contribution in [0.4, 0.5) is 0 Å². The van der Waals surface area contributed by atoms with Gasteiger partial charge in [-0.05, 0) is 125 Å². The van der Waals surface area contributed by atoms with E-state index in [-0.39, 0.29) is 5.41 Å². The third-order valence-corrected chi connectivity index (χ3v) is 15.4. The molecule has 4 bridgehead atoms. The van der Waals surface area contributed by atoms with E-state index >= 15 is 0 Å². The van der Waals surface area contributed by atoms with Crippen molar-refractivity contribution in [1.29, 1.82) is 0 Å². The Morgan fingerprint density at radius 2 is 0.948 bits per heavy atom. The van der Waals surface area contributed by atoms with Crippen molar-refractivity contribution in [3.05, 3.63) is 169 Å². The van der Waals surface area contributed by atoms with Crippen molar-refractivity contribution in [2.75, 3.05) is 13.3 Å². The Morgan fingerprint density at radius 3 is 1.52 bits per heavy atom. The summed E-state index contributed by atoms with van der Waals surface area (Å²) < 4.78 is 13.0. The Kier molecular flexibility index (Phi) is 8.38. The molecule has 0 spiro atoms. The molecule has 58 heavy (non-hydrogen) atoms. The number of nitrogens with zero attached hydrogens (tertiary/aromatic N) is 3. The van der Waals surface area contributed by atoms with Crippen LogP contribution in [0.2, 0.25) is 0 Å². The van der Waals surface area contributed by atoms with Crippen molar-refractivity contribution in [2.45, 2.75) is 37.5 Å². The first-order valence-corrected chi connectivity index (χ1v) is 23.5. The molecule has 12 rings (SSSR count). The summed E-state index contributed by atoms with van der Waals surface area (Å²) >= 11 is 0. The van der Waals surface area contributed by atoms with Crippen molar-refractivity contribution < 1.29 is 4.57 Å². The molecule has 8 aromatic rings. The maximum absolute atomic E-state index is 13.0. The average Bonchev–Trinajstić information content (AvgIpc) is 3.25. The summed E-state index contributed by atoms with van der Waals surface area (Å²) in [5, 5.41) is 5.52. The smallest absolute Gasteiger partial charge is 0.165 e. The van der Waals surface area contributed by atoms with Crippen LogP contribution in [0, 0.1) is 23.7 Å². The predicted octanol–water partition coefficient (Wildman–Crippen LogP) is 12.8. The van der Waals surface area contributed by atoms with Crippen molar-refractivity contribution in [3.8, 4) is 45.3 Å². The highest BCUT2D eigenvalue weighted by molar-refractivity contribution is 7.70. The maximum Gasteiger partial charge on any atom is 0.165 e. The van der Waals surface area contributed by atoms with Gasteiger partial charge in [0.25, 0.3) is 0 Å². The Bertz CT molecular complexity index is 2810. The standard InChI is InChI=1S/C53H46N3OP/c1-58(2,57)46-16-10-15-39(33-46)36-19-23-42(24-20-36)53(44-28-34-27-35(30-44)31-45(53)29-34)43-25-21-38(22-26-43)51-54-50(37-11-4-3-5-12-37)55-52(56-51)49-47-17-8-6-13-40(47)32-41-14-7-9-18-48(41)49/h3-26,32-35,44-45H,27-31H2,1-2H3. The first-order valence-electron chi connectivity index (χ1n) is 20.9. The number of hydrogen-bond acceptors (Lipinski definition) is 4. The minimum absolute atomic E-state index is 0.0454. The molecule has 0 radical (unpaired) electrons. The molecule has 1 aromatic heterocycles. The van der Waals surface area contributed by atoms with Gasteiger partial charge in [-0.25, -0.2) is 15.0 Å². The summed E-state index contributed by atoms with van der Waals surface area (Å²) in [5.41, 5.74) is 8.09. The molecule has 0 saturated heterocycles. The lowest BCUT2D eigenvalue weighted by Crippen LogP contribution is -2.56. The fourth-order valence-corrected chi connectivity index (χ4v) is 12.4. The van der Waals surface area contributed by atoms with E-state index in [1.54, 1.807) is 0 Å². The van der Waals surface area contributed by atoms with Crippen LogP contribution in [0.1, 0.15) is 43.2 Å². The van der Waals surface area contributed by atoms with Crippen LogP contribution in [-0.4, -0.2) is 28.3 Å². The van der Waals surface area contributed by atoms with Gasteiger partial charge in [-0.15, -0.1) is 0 Å². The lowest BCUT2D eigenvalue weighted by atomic mass is 9.42. The van der Waals surface area contributed by atoms with Gasteiger partial charge in [0.2, 0.25) is 0 Å². The fourth-order valence-electron chi connectivity index (χ4n) is 11.5. The number of aromatic nitrogens is 3. The van der Waals surface area contributed by atoms with Gasteiger partial charge >= 0.3 is 0 Å². The predicted molar refractivity (Wildman–Crippen MR) is 240 cm³/mol. The summed E-state index contributed by atoms with van der Waals surface area (Å²) in [7, 11) is -2.36. The SMILES string of the molecule is CP(C)(=O)c1cccc(-c2ccc(C3(c4ccc(-c5nc(-c6ccccc6)nc(-c6c7ccccc7cc7ccccc67)n5)cc4)C4CC5CC(C4)CC3C5)cc2)c1. The highest BCUT2D eigenvalue weighted by Crippen LogP contribution is 2.65. The number of fused-ring (bicyclic) bond motifs is 2. The molecule has 4 aliphatic rings. The zero-order chi connectivity index (χ0) is 39.0. The van der Waals surface area contributed by atoms with Crippen LogP contribution in [0.25, 0.3) is 66.8 Å². The Balaban J connectivity index is 1.04. The second kappa shape index (κ2) is 13.7. The average molecular weight is 772 g/mol. The lowest BCUT2D eigenvalue weighted by molar-refractivity contribution is -0.0418. The number of benzene rings is 7. The summed E-state index contributed by atoms with van der Waals surface area (Å²) in [5.74, 6) is 4.96. The van der Waals surface area contributed by atoms with Gasteiger partial charge in [-0.1, -0.05) is 146 Å². The second-order valence-corrected chi connectivity index (χ2v) is 20.8. The van der Waals surface area contributed by atoms with Crippen LogP contribution in [0.5, 0.6) is 0 Å². The van der Waals surface area contributed by atoms with Gasteiger partial charge in [0.1, 0.15) is 7.14 Å². The Hall–Kier alpha value is -5.70. The first kappa shape index (κ1) is 35.5. The minimum Gasteiger partial charge on any atom is -0.319 e. The highest BCUT2D eigenvalue weighted by Gasteiger charge is 2.58. The zero-order valence-electron chi connectivity index (χ0n) is 33.1. The summed E-state index contributed by atoms with van der Waals surface area (Å²) in [6, 6.07) is 56.7. The van der Waals surface area contributed by atoms with E-state index in [9.17, 15) is 4.57 Å². The lowest BCUT2D eigenvalue weighted by Gasteiger charge is -2.62. The normalized spacial score (nSPS) is 22.4. The molecule has 4 fully saturated rings. The van der Waals surface area contributed by atoms with Crippen LogP contribution in [0.3, 0.4) is 0 Å². The fraction of sp³-hybridized carbons (Fsp3) is 0.226. The van der Waals surface area contributed by atoms with Crippen LogP contribution < -0.4 is 5.30 Å². The molecular weight excluding hydrogens is 726 g/mol. The molecule has 0 amide bonds. The highest BCUT2D eigenvalue weighted by atomic mass is 31.2. The molecular formula is C53H46N3OP. The number of rotatable bonds is 7. The maximum atomic E-state index is 13.0. The monoisotopic (exact) mass is 771 g/mol. The molecule has 0 atom stereocenters. The quantitative estimate of drug-likeness (QED) is 0.120. The van der Waals surface area contributed by atoms with Gasteiger partial charge < -0.3 is 4.57 Å². The molecule has 0 aliphatic heterocycles. The first-order chi connectivity index (χ1) is 28.3. The van der Waals surface area contributed by atoms with E-state index in [1.807, 2.05) is 43.7 Å². The molecule has 284 valence electrons. The molecule has 1 heterocycles. The third-order valence-electron chi connectivity index (χ3n) is 13.9. The molecule has 0 N–H and O–H groups in total. The summed E-state index contributed by atoms with van der Waals surface area (Å²) in [4.78, 5) is 15.7. The third kappa shape index (κ3) is 5.87. The van der Waals surface area contributed by atoms with Crippen molar-refractivity contribution in [3.63, 3.8) is 0 Å². The minimum atomic E-state index is -2.36. The largest absolute Gasteiger partial charge is 0.319 e. The number of hydrogen-bond donors (Lipinski definition) is 0. The molecule has 5 heteroatoms. The van der Waals surface area contributed by atoms with Crippen molar-refractivity contribution in [2.24, 2.45) is 23.7 Å². The Morgan fingerprint density at radius 1 is 0.466 bits per heavy atom. The van der Waals surface area contributed by atoms with E-state index in [1.165, 1.54) is 59.6 Å².